The number of amides is 1. The molecule has 4 aromatic rings. The maximum atomic E-state index is 14.3. The molecule has 164 valence electrons. The summed E-state index contributed by atoms with van der Waals surface area (Å²) in [5.41, 5.74) is 1.51. The van der Waals surface area contributed by atoms with E-state index in [9.17, 15) is 9.18 Å². The molecule has 0 spiro atoms. The van der Waals surface area contributed by atoms with Gasteiger partial charge in [0.15, 0.2) is 5.13 Å². The van der Waals surface area contributed by atoms with Crippen LogP contribution in [-0.2, 0) is 4.74 Å². The van der Waals surface area contributed by atoms with Crippen molar-refractivity contribution in [2.45, 2.75) is 25.9 Å². The maximum absolute atomic E-state index is 14.3. The van der Waals surface area contributed by atoms with E-state index in [0.29, 0.717) is 50.6 Å². The van der Waals surface area contributed by atoms with Crippen molar-refractivity contribution >= 4 is 44.2 Å². The Morgan fingerprint density at radius 2 is 2.12 bits per heavy atom. The van der Waals surface area contributed by atoms with E-state index in [1.807, 2.05) is 6.07 Å². The van der Waals surface area contributed by atoms with Crippen molar-refractivity contribution in [3.05, 3.63) is 64.6 Å². The van der Waals surface area contributed by atoms with Crippen LogP contribution in [0.5, 0.6) is 0 Å². The Morgan fingerprint density at radius 1 is 1.28 bits per heavy atom. The quantitative estimate of drug-likeness (QED) is 0.363. The lowest BCUT2D eigenvalue weighted by atomic mass is 10.0. The Labute approximate surface area is 192 Å². The van der Waals surface area contributed by atoms with Gasteiger partial charge in [-0.1, -0.05) is 52.4 Å². The van der Waals surface area contributed by atoms with E-state index in [2.05, 4.69) is 10.1 Å². The molecule has 1 saturated heterocycles. The smallest absolute Gasteiger partial charge is 0.266 e. The number of halogens is 2. The molecule has 9 heteroatoms. The first-order valence-electron chi connectivity index (χ1n) is 10.2. The van der Waals surface area contributed by atoms with Gasteiger partial charge in [-0.25, -0.2) is 9.37 Å². The number of rotatable bonds is 5. The largest absolute Gasteiger partial charge is 0.376 e. The molecule has 32 heavy (non-hydrogen) atoms. The summed E-state index contributed by atoms with van der Waals surface area (Å²) in [7, 11) is 0. The molecule has 1 atom stereocenters. The number of carbonyl (C=O) groups is 1. The van der Waals surface area contributed by atoms with E-state index in [1.54, 1.807) is 42.2 Å². The lowest BCUT2D eigenvalue weighted by Crippen LogP contribution is -2.37. The molecule has 1 aliphatic heterocycles. The summed E-state index contributed by atoms with van der Waals surface area (Å²) >= 11 is 7.63. The average Bonchev–Trinajstić information content (AvgIpc) is 3.52. The summed E-state index contributed by atoms with van der Waals surface area (Å²) in [6, 6.07) is 11.9. The van der Waals surface area contributed by atoms with Gasteiger partial charge in [-0.15, -0.1) is 0 Å². The molecule has 1 amide bonds. The summed E-state index contributed by atoms with van der Waals surface area (Å²) in [6.07, 6.45) is 1.64. The highest BCUT2D eigenvalue weighted by Gasteiger charge is 2.32. The van der Waals surface area contributed by atoms with E-state index in [-0.39, 0.29) is 17.5 Å². The minimum atomic E-state index is -0.424. The highest BCUT2D eigenvalue weighted by Crippen LogP contribution is 2.35. The van der Waals surface area contributed by atoms with Gasteiger partial charge in [0.25, 0.3) is 5.91 Å². The van der Waals surface area contributed by atoms with Crippen molar-refractivity contribution < 1.29 is 18.4 Å². The zero-order valence-electron chi connectivity index (χ0n) is 17.2. The highest BCUT2D eigenvalue weighted by molar-refractivity contribution is 7.22. The van der Waals surface area contributed by atoms with E-state index >= 15 is 0 Å². The Bertz CT molecular complexity index is 1300. The van der Waals surface area contributed by atoms with Crippen LogP contribution in [0.4, 0.5) is 9.52 Å². The molecule has 0 aliphatic carbocycles. The molecule has 2 aromatic carbocycles. The van der Waals surface area contributed by atoms with E-state index in [4.69, 9.17) is 20.9 Å². The molecule has 2 aromatic heterocycles. The van der Waals surface area contributed by atoms with Crippen molar-refractivity contribution in [2.24, 2.45) is 0 Å². The van der Waals surface area contributed by atoms with Crippen LogP contribution < -0.4 is 4.90 Å². The monoisotopic (exact) mass is 471 g/mol. The third kappa shape index (κ3) is 3.79. The van der Waals surface area contributed by atoms with Gasteiger partial charge < -0.3 is 9.26 Å². The predicted molar refractivity (Wildman–Crippen MR) is 122 cm³/mol. The molecule has 0 saturated carbocycles. The third-order valence-electron chi connectivity index (χ3n) is 5.45. The van der Waals surface area contributed by atoms with Gasteiger partial charge in [0.05, 0.1) is 22.4 Å². The summed E-state index contributed by atoms with van der Waals surface area (Å²) in [4.78, 5) is 19.9. The van der Waals surface area contributed by atoms with Crippen molar-refractivity contribution in [1.82, 2.24) is 10.1 Å². The van der Waals surface area contributed by atoms with Crippen LogP contribution in [0.1, 0.15) is 29.0 Å². The number of aromatic nitrogens is 2. The maximum Gasteiger partial charge on any atom is 0.266 e. The molecule has 3 heterocycles. The number of carbonyl (C=O) groups excluding carboxylic acids is 1. The molecule has 0 radical (unpaired) electrons. The number of benzene rings is 2. The minimum absolute atomic E-state index is 0.125. The topological polar surface area (TPSA) is 68.5 Å². The number of hydrogen-bond donors (Lipinski definition) is 0. The second kappa shape index (κ2) is 8.61. The van der Waals surface area contributed by atoms with Crippen molar-refractivity contribution in [3.8, 4) is 11.3 Å². The van der Waals surface area contributed by atoms with Gasteiger partial charge in [0.1, 0.15) is 28.4 Å². The lowest BCUT2D eigenvalue weighted by Gasteiger charge is -2.23. The van der Waals surface area contributed by atoms with Crippen LogP contribution >= 0.6 is 22.9 Å². The van der Waals surface area contributed by atoms with Crippen molar-refractivity contribution in [2.75, 3.05) is 18.1 Å². The normalized spacial score (nSPS) is 16.0. The van der Waals surface area contributed by atoms with Crippen LogP contribution in [0.3, 0.4) is 0 Å². The fourth-order valence-electron chi connectivity index (χ4n) is 3.85. The summed E-state index contributed by atoms with van der Waals surface area (Å²) < 4.78 is 26.2. The molecular weight excluding hydrogens is 453 g/mol. The fraction of sp³-hybridized carbons (Fsp3) is 0.261. The lowest BCUT2D eigenvalue weighted by molar-refractivity contribution is 0.0916. The Morgan fingerprint density at radius 3 is 2.88 bits per heavy atom. The molecule has 1 aliphatic rings. The number of thiazole rings is 1. The zero-order valence-corrected chi connectivity index (χ0v) is 18.8. The van der Waals surface area contributed by atoms with Crippen LogP contribution in [-0.4, -0.2) is 35.3 Å². The van der Waals surface area contributed by atoms with E-state index in [0.717, 1.165) is 12.8 Å². The average molecular weight is 472 g/mol. The van der Waals surface area contributed by atoms with Gasteiger partial charge in [-0.2, -0.15) is 0 Å². The van der Waals surface area contributed by atoms with Gasteiger partial charge >= 0.3 is 0 Å². The zero-order chi connectivity index (χ0) is 22.2. The second-order valence-electron chi connectivity index (χ2n) is 7.58. The number of hydrogen-bond acceptors (Lipinski definition) is 6. The van der Waals surface area contributed by atoms with Crippen molar-refractivity contribution in [1.29, 1.82) is 0 Å². The third-order valence-corrected chi connectivity index (χ3v) is 6.82. The molecule has 1 fully saturated rings. The minimum Gasteiger partial charge on any atom is -0.376 e. The molecule has 0 unspecified atom stereocenters. The van der Waals surface area contributed by atoms with E-state index < -0.39 is 5.82 Å². The molecule has 0 bridgehead atoms. The first-order valence-corrected chi connectivity index (χ1v) is 11.4. The van der Waals surface area contributed by atoms with Crippen molar-refractivity contribution in [3.63, 3.8) is 0 Å². The number of anilines is 1. The summed E-state index contributed by atoms with van der Waals surface area (Å²) in [5.74, 6) is -0.393. The van der Waals surface area contributed by atoms with Gasteiger partial charge in [0.2, 0.25) is 0 Å². The highest BCUT2D eigenvalue weighted by atomic mass is 35.5. The number of para-hydroxylation sites is 1. The summed E-state index contributed by atoms with van der Waals surface area (Å²) in [5, 5.41) is 4.98. The number of fused-ring (bicyclic) bond motifs is 1. The second-order valence-corrected chi connectivity index (χ2v) is 8.99. The summed E-state index contributed by atoms with van der Waals surface area (Å²) in [6.45, 7) is 2.63. The molecule has 5 rings (SSSR count). The van der Waals surface area contributed by atoms with Gasteiger partial charge in [-0.05, 0) is 38.0 Å². The number of nitrogens with zero attached hydrogens (tertiary/aromatic N) is 3. The van der Waals surface area contributed by atoms with Crippen LogP contribution in [0.2, 0.25) is 5.02 Å². The van der Waals surface area contributed by atoms with Crippen LogP contribution in [0.15, 0.2) is 47.0 Å². The molecular formula is C23H19ClFN3O3S. The SMILES string of the molecule is Cc1onc(-c2ccccc2Cl)c1C(=O)N(C[C@@H]1CCCO1)c1nc2c(F)cccc2s1. The van der Waals surface area contributed by atoms with Crippen LogP contribution in [0.25, 0.3) is 21.5 Å². The Hall–Kier alpha value is -2.81. The fourth-order valence-corrected chi connectivity index (χ4v) is 5.07. The molecule has 6 nitrogen and oxygen atoms in total. The number of aryl methyl sites for hydroxylation is 1. The van der Waals surface area contributed by atoms with Crippen LogP contribution in [0, 0.1) is 12.7 Å². The molecule has 0 N–H and O–H groups in total. The van der Waals surface area contributed by atoms with E-state index in [1.165, 1.54) is 17.4 Å². The first kappa shape index (κ1) is 21.1. The Balaban J connectivity index is 1.60. The standard InChI is InChI=1S/C23H19ClFN3O3S/c1-13-19(20(27-31-13)15-7-2-3-8-16(15)24)22(29)28(12-14-6-5-11-30-14)23-26-21-17(25)9-4-10-18(21)32-23/h2-4,7-10,14H,5-6,11-12H2,1H3/t14-/m0/s1. The van der Waals surface area contributed by atoms with Gasteiger partial charge in [-0.3, -0.25) is 9.69 Å². The van der Waals surface area contributed by atoms with Gasteiger partial charge in [0, 0.05) is 12.2 Å². The number of ether oxygens (including phenoxy) is 1. The first-order chi connectivity index (χ1) is 15.5. The Kier molecular flexibility index (Phi) is 5.67. The predicted octanol–water partition coefficient (Wildman–Crippen LogP) is 5.88.